The predicted molar refractivity (Wildman–Crippen MR) is 78.9 cm³/mol. The second kappa shape index (κ2) is 5.61. The maximum Gasteiger partial charge on any atom is 0.430 e. The highest BCUT2D eigenvalue weighted by atomic mass is 79.9. The van der Waals surface area contributed by atoms with Crippen LogP contribution >= 0.6 is 15.9 Å². The van der Waals surface area contributed by atoms with Gasteiger partial charge in [-0.3, -0.25) is 0 Å². The minimum atomic E-state index is -5.11. The number of ether oxygens (including phenoxy) is 1. The molecular weight excluding hydrogens is 365 g/mol. The number of hydrogen-bond acceptors (Lipinski definition) is 2. The third kappa shape index (κ3) is 2.62. The van der Waals surface area contributed by atoms with Crippen molar-refractivity contribution in [2.75, 3.05) is 0 Å². The molecule has 0 spiro atoms. The molecule has 120 valence electrons. The van der Waals surface area contributed by atoms with Gasteiger partial charge in [0.1, 0.15) is 5.75 Å². The van der Waals surface area contributed by atoms with Crippen LogP contribution in [0.5, 0.6) is 5.75 Å². The van der Waals surface area contributed by atoms with Crippen molar-refractivity contribution in [1.29, 1.82) is 0 Å². The number of rotatable bonds is 2. The number of carboxylic acid groups (broad SMARTS) is 1. The van der Waals surface area contributed by atoms with Crippen LogP contribution in [-0.4, -0.2) is 23.4 Å². The van der Waals surface area contributed by atoms with Crippen LogP contribution in [0.4, 0.5) is 13.2 Å². The molecule has 0 saturated heterocycles. The van der Waals surface area contributed by atoms with E-state index in [-0.39, 0.29) is 22.0 Å². The molecule has 1 unspecified atom stereocenters. The fourth-order valence-electron chi connectivity index (χ4n) is 2.34. The van der Waals surface area contributed by atoms with Crippen LogP contribution in [0, 0.1) is 13.7 Å². The van der Waals surface area contributed by atoms with E-state index in [1.165, 1.54) is 6.92 Å². The molecule has 2 rings (SSSR count). The largest absolute Gasteiger partial charge is 0.478 e. The summed E-state index contributed by atoms with van der Waals surface area (Å²) in [7, 11) is 0. The van der Waals surface area contributed by atoms with E-state index in [0.717, 1.165) is 6.07 Å². The number of alkyl halides is 3. The fraction of sp³-hybridized carbons (Fsp3) is 0.400. The number of carbonyl (C=O) groups is 1. The number of allylic oxidation sites excluding steroid dienone is 1. The molecule has 7 heteroatoms. The topological polar surface area (TPSA) is 46.5 Å². The molecule has 1 aromatic carbocycles. The first-order valence-corrected chi connectivity index (χ1v) is 6.88. The summed E-state index contributed by atoms with van der Waals surface area (Å²) in [6.45, 7) is -4.44. The molecule has 0 saturated carbocycles. The van der Waals surface area contributed by atoms with Crippen molar-refractivity contribution in [3.8, 4) is 5.75 Å². The Kier molecular flexibility index (Phi) is 2.63. The Morgan fingerprint density at radius 1 is 1.50 bits per heavy atom. The van der Waals surface area contributed by atoms with Crippen LogP contribution in [0.3, 0.4) is 0 Å². The van der Waals surface area contributed by atoms with Crippen LogP contribution < -0.4 is 4.74 Å². The smallest absolute Gasteiger partial charge is 0.430 e. The van der Waals surface area contributed by atoms with Gasteiger partial charge in [0, 0.05) is 18.3 Å². The van der Waals surface area contributed by atoms with Gasteiger partial charge in [-0.25, -0.2) is 4.79 Å². The number of carboxylic acids is 1. The molecule has 22 heavy (non-hydrogen) atoms. The predicted octanol–water partition coefficient (Wildman–Crippen LogP) is 4.64. The van der Waals surface area contributed by atoms with E-state index < -0.39 is 54.4 Å². The Morgan fingerprint density at radius 2 is 2.18 bits per heavy atom. The lowest BCUT2D eigenvalue weighted by Gasteiger charge is -2.32. The Morgan fingerprint density at radius 3 is 2.64 bits per heavy atom. The number of fused-ring (bicyclic) bond motifs is 1. The second-order valence-electron chi connectivity index (χ2n) is 4.58. The second-order valence-corrected chi connectivity index (χ2v) is 5.37. The standard InChI is InChI=1S/C15H14BrF3O3/c1-4-8-10-7(3)12(16)6(2)5-9(10)22-13(15(17,18)19)11(8)14(20)21/h5,13H,4H2,1-3H3,(H,20,21)/i2D3,3D3. The lowest BCUT2D eigenvalue weighted by Crippen LogP contribution is -2.41. The Bertz CT molecular complexity index is 859. The van der Waals surface area contributed by atoms with Crippen molar-refractivity contribution in [2.24, 2.45) is 0 Å². The summed E-state index contributed by atoms with van der Waals surface area (Å²) in [4.78, 5) is 11.6. The first-order valence-electron chi connectivity index (χ1n) is 9.09. The molecule has 0 fully saturated rings. The zero-order chi connectivity index (χ0) is 21.8. The minimum Gasteiger partial charge on any atom is -0.478 e. The number of hydrogen-bond donors (Lipinski definition) is 1. The molecular formula is C15H14BrF3O3. The van der Waals surface area contributed by atoms with E-state index >= 15 is 0 Å². The average molecular weight is 385 g/mol. The maximum atomic E-state index is 13.4. The third-order valence-corrected chi connectivity index (χ3v) is 4.07. The first kappa shape index (κ1) is 10.3. The minimum absolute atomic E-state index is 0.243. The molecule has 1 heterocycles. The zero-order valence-corrected chi connectivity index (χ0v) is 12.7. The fourth-order valence-corrected chi connectivity index (χ4v) is 2.66. The average Bonchev–Trinajstić information content (AvgIpc) is 2.48. The van der Waals surface area contributed by atoms with E-state index in [9.17, 15) is 23.1 Å². The molecule has 0 aromatic heterocycles. The van der Waals surface area contributed by atoms with Gasteiger partial charge < -0.3 is 9.84 Å². The van der Waals surface area contributed by atoms with E-state index in [0.29, 0.717) is 0 Å². The van der Waals surface area contributed by atoms with Crippen LogP contribution in [-0.2, 0) is 4.79 Å². The number of halogens is 4. The summed E-state index contributed by atoms with van der Waals surface area (Å²) >= 11 is 2.93. The van der Waals surface area contributed by atoms with Gasteiger partial charge in [-0.2, -0.15) is 13.2 Å². The van der Waals surface area contributed by atoms with Crippen molar-refractivity contribution in [1.82, 2.24) is 0 Å². The van der Waals surface area contributed by atoms with E-state index in [4.69, 9.17) is 13.0 Å². The van der Waals surface area contributed by atoms with Crippen LogP contribution in [0.1, 0.15) is 38.3 Å². The van der Waals surface area contributed by atoms with Gasteiger partial charge in [0.2, 0.25) is 6.10 Å². The number of benzene rings is 1. The third-order valence-electron chi connectivity index (χ3n) is 3.24. The van der Waals surface area contributed by atoms with Crippen LogP contribution in [0.2, 0.25) is 0 Å². The van der Waals surface area contributed by atoms with Gasteiger partial charge in [-0.05, 0) is 42.9 Å². The lowest BCUT2D eigenvalue weighted by molar-refractivity contribution is -0.187. The molecule has 0 aliphatic carbocycles. The number of aliphatic carboxylic acids is 1. The SMILES string of the molecule is [2H]C([2H])([2H])c1cc2c(c(C([2H])([2H])[2H])c1Br)C(CC)=C(C(=O)O)C(C(F)(F)F)O2. The van der Waals surface area contributed by atoms with E-state index in [1.54, 1.807) is 0 Å². The van der Waals surface area contributed by atoms with Crippen LogP contribution in [0.25, 0.3) is 5.57 Å². The summed E-state index contributed by atoms with van der Waals surface area (Å²) in [5, 5.41) is 9.37. The molecule has 0 bridgehead atoms. The van der Waals surface area contributed by atoms with Crippen molar-refractivity contribution >= 4 is 27.5 Å². The Hall–Kier alpha value is -1.50. The van der Waals surface area contributed by atoms with Gasteiger partial charge in [0.25, 0.3) is 0 Å². The van der Waals surface area contributed by atoms with Crippen molar-refractivity contribution in [2.45, 2.75) is 39.3 Å². The number of aryl methyl sites for hydroxylation is 1. The molecule has 0 amide bonds. The molecule has 1 atom stereocenters. The molecule has 1 aliphatic heterocycles. The van der Waals surface area contributed by atoms with Crippen LogP contribution in [0.15, 0.2) is 16.1 Å². The molecule has 1 aromatic rings. The highest BCUT2D eigenvalue weighted by Crippen LogP contribution is 2.46. The lowest BCUT2D eigenvalue weighted by atomic mass is 9.87. The highest BCUT2D eigenvalue weighted by Gasteiger charge is 2.50. The summed E-state index contributed by atoms with van der Waals surface area (Å²) < 4.78 is 90.7. The Balaban J connectivity index is 3.05. The zero-order valence-electron chi connectivity index (χ0n) is 17.1. The Labute approximate surface area is 142 Å². The van der Waals surface area contributed by atoms with Gasteiger partial charge >= 0.3 is 12.1 Å². The quantitative estimate of drug-likeness (QED) is 0.807. The van der Waals surface area contributed by atoms with Crippen molar-refractivity contribution < 1.29 is 36.0 Å². The van der Waals surface area contributed by atoms with E-state index in [2.05, 4.69) is 15.9 Å². The summed E-state index contributed by atoms with van der Waals surface area (Å²) in [6, 6.07) is 0.800. The monoisotopic (exact) mass is 384 g/mol. The molecule has 1 N–H and O–H groups in total. The summed E-state index contributed by atoms with van der Waals surface area (Å²) in [6.07, 6.45) is -8.21. The summed E-state index contributed by atoms with van der Waals surface area (Å²) in [5.41, 5.74) is -3.01. The normalized spacial score (nSPS) is 23.2. The van der Waals surface area contributed by atoms with Gasteiger partial charge in [0.05, 0.1) is 5.57 Å². The molecule has 3 nitrogen and oxygen atoms in total. The van der Waals surface area contributed by atoms with Crippen molar-refractivity contribution in [3.63, 3.8) is 0 Å². The first-order chi connectivity index (χ1) is 12.5. The molecule has 0 radical (unpaired) electrons. The van der Waals surface area contributed by atoms with E-state index in [1.807, 2.05) is 0 Å². The van der Waals surface area contributed by atoms with Gasteiger partial charge in [-0.1, -0.05) is 22.9 Å². The maximum absolute atomic E-state index is 13.4. The molecule has 1 aliphatic rings. The van der Waals surface area contributed by atoms with Crippen molar-refractivity contribution in [3.05, 3.63) is 32.8 Å². The highest BCUT2D eigenvalue weighted by molar-refractivity contribution is 9.10. The summed E-state index contributed by atoms with van der Waals surface area (Å²) in [5.74, 6) is -2.54. The van der Waals surface area contributed by atoms with Gasteiger partial charge in [-0.15, -0.1) is 0 Å². The van der Waals surface area contributed by atoms with Gasteiger partial charge in [0.15, 0.2) is 0 Å².